The van der Waals surface area contributed by atoms with E-state index < -0.39 is 0 Å². The summed E-state index contributed by atoms with van der Waals surface area (Å²) >= 11 is 0. The van der Waals surface area contributed by atoms with Crippen molar-refractivity contribution in [2.24, 2.45) is 0 Å². The van der Waals surface area contributed by atoms with Gasteiger partial charge in [0.1, 0.15) is 22.3 Å². The van der Waals surface area contributed by atoms with Crippen LogP contribution >= 0.6 is 0 Å². The topological polar surface area (TPSA) is 65.0 Å². The van der Waals surface area contributed by atoms with Crippen LogP contribution in [0.4, 0.5) is 0 Å². The van der Waals surface area contributed by atoms with E-state index in [0.717, 1.165) is 105 Å². The lowest BCUT2D eigenvalue weighted by Crippen LogP contribution is -2.00. The van der Waals surface area contributed by atoms with Crippen molar-refractivity contribution in [2.45, 2.75) is 0 Å². The molecule has 0 bridgehead atoms. The van der Waals surface area contributed by atoms with Gasteiger partial charge in [-0.2, -0.15) is 0 Å². The summed E-state index contributed by atoms with van der Waals surface area (Å²) in [5.41, 5.74) is 15.3. The van der Waals surface area contributed by atoms with Gasteiger partial charge in [-0.3, -0.25) is 0 Å². The van der Waals surface area contributed by atoms with Gasteiger partial charge < -0.3 is 8.83 Å². The number of hydrogen-bond donors (Lipinski definition) is 0. The van der Waals surface area contributed by atoms with Crippen molar-refractivity contribution >= 4 is 43.9 Å². The van der Waals surface area contributed by atoms with Crippen molar-refractivity contribution < 1.29 is 8.83 Å². The molecule has 0 amide bonds. The molecule has 62 heavy (non-hydrogen) atoms. The smallest absolute Gasteiger partial charge is 0.164 e. The standard InChI is InChI=1S/C57H35N3O2/c1-3-14-37(15-4-1)55-58-56(38-16-5-2-6-17-38)60-57(59-55)39-30-28-36(29-31-39)40-18-11-19-41(34-40)42-32-33-48-52(35-42)62-51-27-13-24-46(54(48)51)44-21-8-7-20-43(44)45-23-12-26-50-53(45)47-22-9-10-25-49(47)61-50/h1-35H. The Labute approximate surface area is 357 Å². The Morgan fingerprint density at radius 1 is 0.242 bits per heavy atom. The molecule has 0 unspecified atom stereocenters. The van der Waals surface area contributed by atoms with E-state index in [4.69, 9.17) is 23.8 Å². The molecule has 5 nitrogen and oxygen atoms in total. The number of hydrogen-bond acceptors (Lipinski definition) is 5. The minimum Gasteiger partial charge on any atom is -0.456 e. The number of rotatable bonds is 7. The van der Waals surface area contributed by atoms with Crippen molar-refractivity contribution in [2.75, 3.05) is 0 Å². The summed E-state index contributed by atoms with van der Waals surface area (Å²) in [5.74, 6) is 1.92. The Kier molecular flexibility index (Phi) is 8.42. The molecule has 0 N–H and O–H groups in total. The van der Waals surface area contributed by atoms with Gasteiger partial charge >= 0.3 is 0 Å². The second kappa shape index (κ2) is 14.7. The van der Waals surface area contributed by atoms with Crippen molar-refractivity contribution in [1.29, 1.82) is 0 Å². The van der Waals surface area contributed by atoms with Gasteiger partial charge in [-0.25, -0.2) is 15.0 Å². The monoisotopic (exact) mass is 793 g/mol. The number of aromatic nitrogens is 3. The molecule has 0 saturated carbocycles. The van der Waals surface area contributed by atoms with Crippen LogP contribution in [0.15, 0.2) is 221 Å². The maximum absolute atomic E-state index is 6.65. The maximum Gasteiger partial charge on any atom is 0.164 e. The number of nitrogens with zero attached hydrogens (tertiary/aromatic N) is 3. The highest BCUT2D eigenvalue weighted by molar-refractivity contribution is 6.17. The molecule has 0 aliphatic carbocycles. The zero-order chi connectivity index (χ0) is 41.0. The molecule has 0 radical (unpaired) electrons. The van der Waals surface area contributed by atoms with Crippen molar-refractivity contribution in [3.8, 4) is 78.7 Å². The predicted octanol–water partition coefficient (Wildman–Crippen LogP) is 15.3. The first-order chi connectivity index (χ1) is 30.7. The fourth-order valence-electron chi connectivity index (χ4n) is 8.81. The minimum absolute atomic E-state index is 0.632. The lowest BCUT2D eigenvalue weighted by molar-refractivity contribution is 0.668. The van der Waals surface area contributed by atoms with Crippen LogP contribution in [0.3, 0.4) is 0 Å². The van der Waals surface area contributed by atoms with E-state index in [-0.39, 0.29) is 0 Å². The van der Waals surface area contributed by atoms with Gasteiger partial charge in [-0.1, -0.05) is 176 Å². The molecule has 0 atom stereocenters. The summed E-state index contributed by atoms with van der Waals surface area (Å²) in [6.45, 7) is 0. The third kappa shape index (κ3) is 6.14. The first-order valence-electron chi connectivity index (χ1n) is 20.8. The van der Waals surface area contributed by atoms with E-state index in [0.29, 0.717) is 17.5 Å². The van der Waals surface area contributed by atoms with Crippen LogP contribution in [-0.2, 0) is 0 Å². The average molecular weight is 794 g/mol. The molecule has 12 rings (SSSR count). The van der Waals surface area contributed by atoms with Gasteiger partial charge in [-0.05, 0) is 80.9 Å². The lowest BCUT2D eigenvalue weighted by Gasteiger charge is -2.12. The minimum atomic E-state index is 0.632. The molecule has 290 valence electrons. The number of furan rings is 2. The summed E-state index contributed by atoms with van der Waals surface area (Å²) in [7, 11) is 0. The van der Waals surface area contributed by atoms with Gasteiger partial charge in [0.25, 0.3) is 0 Å². The molecule has 0 aliphatic heterocycles. The van der Waals surface area contributed by atoms with Crippen LogP contribution in [0.2, 0.25) is 0 Å². The van der Waals surface area contributed by atoms with Crippen LogP contribution in [0.5, 0.6) is 0 Å². The predicted molar refractivity (Wildman–Crippen MR) is 252 cm³/mol. The molecule has 0 fully saturated rings. The fourth-order valence-corrected chi connectivity index (χ4v) is 8.81. The zero-order valence-electron chi connectivity index (χ0n) is 33.4. The third-order valence-electron chi connectivity index (χ3n) is 11.8. The van der Waals surface area contributed by atoms with Gasteiger partial charge in [0, 0.05) is 38.2 Å². The molecule has 9 aromatic carbocycles. The third-order valence-corrected chi connectivity index (χ3v) is 11.8. The normalized spacial score (nSPS) is 11.5. The van der Waals surface area contributed by atoms with Crippen LogP contribution in [0.25, 0.3) is 123 Å². The second-order valence-electron chi connectivity index (χ2n) is 15.5. The largest absolute Gasteiger partial charge is 0.456 e. The van der Waals surface area contributed by atoms with E-state index >= 15 is 0 Å². The number of para-hydroxylation sites is 1. The van der Waals surface area contributed by atoms with E-state index in [1.807, 2.05) is 72.8 Å². The first-order valence-corrected chi connectivity index (χ1v) is 20.8. The Hall–Kier alpha value is -8.41. The van der Waals surface area contributed by atoms with Gasteiger partial charge in [0.05, 0.1) is 0 Å². The highest BCUT2D eigenvalue weighted by Crippen LogP contribution is 2.44. The summed E-state index contributed by atoms with van der Waals surface area (Å²) < 4.78 is 12.9. The quantitative estimate of drug-likeness (QED) is 0.161. The highest BCUT2D eigenvalue weighted by Gasteiger charge is 2.19. The Bertz CT molecular complexity index is 3570. The molecule has 0 saturated heterocycles. The Morgan fingerprint density at radius 2 is 0.629 bits per heavy atom. The van der Waals surface area contributed by atoms with Gasteiger partial charge in [-0.15, -0.1) is 0 Å². The summed E-state index contributed by atoms with van der Waals surface area (Å²) in [4.78, 5) is 14.7. The molecule has 5 heteroatoms. The summed E-state index contributed by atoms with van der Waals surface area (Å²) in [6, 6.07) is 73.4. The van der Waals surface area contributed by atoms with Crippen LogP contribution in [0, 0.1) is 0 Å². The fraction of sp³-hybridized carbons (Fsp3) is 0. The van der Waals surface area contributed by atoms with Crippen molar-refractivity contribution in [1.82, 2.24) is 15.0 Å². The molecular formula is C57H35N3O2. The molecule has 0 spiro atoms. The second-order valence-corrected chi connectivity index (χ2v) is 15.5. The van der Waals surface area contributed by atoms with Gasteiger partial charge in [0.2, 0.25) is 0 Å². The van der Waals surface area contributed by atoms with Crippen molar-refractivity contribution in [3.63, 3.8) is 0 Å². The number of benzene rings is 9. The molecule has 3 heterocycles. The average Bonchev–Trinajstić information content (AvgIpc) is 3.93. The van der Waals surface area contributed by atoms with Gasteiger partial charge in [0.15, 0.2) is 17.5 Å². The molecule has 0 aliphatic rings. The Morgan fingerprint density at radius 3 is 1.24 bits per heavy atom. The highest BCUT2D eigenvalue weighted by atomic mass is 16.3. The Balaban J connectivity index is 0.890. The van der Waals surface area contributed by atoms with E-state index in [1.165, 1.54) is 0 Å². The lowest BCUT2D eigenvalue weighted by atomic mass is 9.90. The van der Waals surface area contributed by atoms with Crippen LogP contribution in [0.1, 0.15) is 0 Å². The zero-order valence-corrected chi connectivity index (χ0v) is 33.4. The summed E-state index contributed by atoms with van der Waals surface area (Å²) in [5, 5.41) is 4.42. The first kappa shape index (κ1) is 35.5. The van der Waals surface area contributed by atoms with Crippen molar-refractivity contribution in [3.05, 3.63) is 212 Å². The number of fused-ring (bicyclic) bond motifs is 6. The SMILES string of the molecule is c1ccc(-c2nc(-c3ccccc3)nc(-c3ccc(-c4cccc(-c5ccc6c(c5)oc5cccc(-c7ccccc7-c7cccc8oc9ccccc9c78)c56)c4)cc3)n2)cc1. The molecule has 12 aromatic rings. The maximum atomic E-state index is 6.65. The summed E-state index contributed by atoms with van der Waals surface area (Å²) in [6.07, 6.45) is 0. The van der Waals surface area contributed by atoms with E-state index in [2.05, 4.69) is 140 Å². The van der Waals surface area contributed by atoms with E-state index in [1.54, 1.807) is 0 Å². The molecular weight excluding hydrogens is 759 g/mol. The van der Waals surface area contributed by atoms with Crippen LogP contribution < -0.4 is 0 Å². The molecule has 3 aromatic heterocycles. The van der Waals surface area contributed by atoms with E-state index in [9.17, 15) is 0 Å². The van der Waals surface area contributed by atoms with Crippen LogP contribution in [-0.4, -0.2) is 15.0 Å².